The third kappa shape index (κ3) is 3.02. The van der Waals surface area contributed by atoms with Gasteiger partial charge in [-0.15, -0.1) is 0 Å². The summed E-state index contributed by atoms with van der Waals surface area (Å²) >= 11 is 5.04. The maximum atomic E-state index is 5.69. The van der Waals surface area contributed by atoms with E-state index in [1.165, 1.54) is 31.4 Å². The Morgan fingerprint density at radius 1 is 1.28 bits per heavy atom. The molecule has 98 valence electrons. The summed E-state index contributed by atoms with van der Waals surface area (Å²) in [6, 6.07) is 8.90. The number of rotatable bonds is 3. The predicted octanol–water partition coefficient (Wildman–Crippen LogP) is 3.34. The normalized spacial score (nSPS) is 23.7. The highest BCUT2D eigenvalue weighted by atomic mass is 32.1. The van der Waals surface area contributed by atoms with Crippen LogP contribution in [-0.2, 0) is 0 Å². The summed E-state index contributed by atoms with van der Waals surface area (Å²) in [7, 11) is 2.18. The lowest BCUT2D eigenvalue weighted by atomic mass is 9.86. The van der Waals surface area contributed by atoms with E-state index >= 15 is 0 Å². The number of anilines is 1. The molecule has 0 unspecified atom stereocenters. The fourth-order valence-corrected chi connectivity index (χ4v) is 2.85. The minimum absolute atomic E-state index is 0.475. The average Bonchev–Trinajstić information content (AvgIpc) is 2.39. The van der Waals surface area contributed by atoms with Crippen LogP contribution in [0.25, 0.3) is 0 Å². The number of nitrogens with two attached hydrogens (primary N) is 1. The van der Waals surface area contributed by atoms with E-state index in [-0.39, 0.29) is 0 Å². The van der Waals surface area contributed by atoms with Crippen molar-refractivity contribution in [1.29, 1.82) is 0 Å². The van der Waals surface area contributed by atoms with Crippen molar-refractivity contribution in [2.75, 3.05) is 11.9 Å². The van der Waals surface area contributed by atoms with E-state index in [1.54, 1.807) is 0 Å². The van der Waals surface area contributed by atoms with Crippen LogP contribution in [0.1, 0.15) is 38.2 Å². The van der Waals surface area contributed by atoms with Crippen molar-refractivity contribution in [2.45, 2.75) is 38.6 Å². The monoisotopic (exact) mass is 262 g/mol. The fourth-order valence-electron chi connectivity index (χ4n) is 2.72. The van der Waals surface area contributed by atoms with Crippen LogP contribution in [-0.4, -0.2) is 18.1 Å². The van der Waals surface area contributed by atoms with Crippen molar-refractivity contribution in [3.63, 3.8) is 0 Å². The van der Waals surface area contributed by atoms with Crippen LogP contribution in [0.3, 0.4) is 0 Å². The Morgan fingerprint density at radius 3 is 2.56 bits per heavy atom. The molecule has 0 radical (unpaired) electrons. The second-order valence-corrected chi connectivity index (χ2v) is 5.88. The first-order chi connectivity index (χ1) is 8.58. The van der Waals surface area contributed by atoms with Crippen molar-refractivity contribution in [1.82, 2.24) is 0 Å². The second-order valence-electron chi connectivity index (χ2n) is 5.44. The average molecular weight is 262 g/mol. The van der Waals surface area contributed by atoms with Gasteiger partial charge in [-0.2, -0.15) is 0 Å². The Hall–Kier alpha value is -1.09. The molecule has 18 heavy (non-hydrogen) atoms. The van der Waals surface area contributed by atoms with Gasteiger partial charge in [0.2, 0.25) is 0 Å². The maximum absolute atomic E-state index is 5.69. The zero-order valence-electron chi connectivity index (χ0n) is 11.2. The minimum atomic E-state index is 0.475. The molecule has 0 heterocycles. The number of thiocarbonyl (C=S) groups is 1. The van der Waals surface area contributed by atoms with Crippen molar-refractivity contribution in [2.24, 2.45) is 11.7 Å². The van der Waals surface area contributed by atoms with E-state index in [2.05, 4.69) is 31.0 Å². The summed E-state index contributed by atoms with van der Waals surface area (Å²) in [6.07, 6.45) is 5.25. The molecule has 1 fully saturated rings. The Balaban J connectivity index is 2.10. The molecule has 0 spiro atoms. The van der Waals surface area contributed by atoms with Gasteiger partial charge in [-0.05, 0) is 43.7 Å². The van der Waals surface area contributed by atoms with Crippen molar-refractivity contribution >= 4 is 22.9 Å². The summed E-state index contributed by atoms with van der Waals surface area (Å²) in [5, 5.41) is 0. The molecular formula is C15H22N2S. The number of hydrogen-bond acceptors (Lipinski definition) is 2. The van der Waals surface area contributed by atoms with E-state index < -0.39 is 0 Å². The van der Waals surface area contributed by atoms with Crippen molar-refractivity contribution < 1.29 is 0 Å². The molecule has 0 aromatic heterocycles. The molecule has 0 saturated heterocycles. The topological polar surface area (TPSA) is 29.3 Å². The molecule has 2 N–H and O–H groups in total. The largest absolute Gasteiger partial charge is 0.389 e. The van der Waals surface area contributed by atoms with E-state index in [0.29, 0.717) is 11.0 Å². The quantitative estimate of drug-likeness (QED) is 0.847. The number of benzene rings is 1. The molecule has 2 nitrogen and oxygen atoms in total. The summed E-state index contributed by atoms with van der Waals surface area (Å²) in [6.45, 7) is 2.35. The predicted molar refractivity (Wildman–Crippen MR) is 82.2 cm³/mol. The highest BCUT2D eigenvalue weighted by Gasteiger charge is 2.21. The fraction of sp³-hybridized carbons (Fsp3) is 0.533. The van der Waals surface area contributed by atoms with Crippen LogP contribution in [0.5, 0.6) is 0 Å². The molecule has 0 atom stereocenters. The molecule has 3 heteroatoms. The zero-order valence-corrected chi connectivity index (χ0v) is 12.0. The summed E-state index contributed by atoms with van der Waals surface area (Å²) in [5.41, 5.74) is 7.87. The molecule has 1 saturated carbocycles. The molecular weight excluding hydrogens is 240 g/mol. The first-order valence-corrected chi connectivity index (χ1v) is 7.11. The first-order valence-electron chi connectivity index (χ1n) is 6.70. The van der Waals surface area contributed by atoms with Gasteiger partial charge in [0, 0.05) is 24.3 Å². The summed E-state index contributed by atoms with van der Waals surface area (Å²) in [5.74, 6) is 0.887. The molecule has 1 aliphatic carbocycles. The Bertz CT molecular complexity index is 422. The standard InChI is InChI=1S/C15H22N2S/c1-11-6-8-13(9-7-11)17(2)14-5-3-4-12(10-14)15(16)18/h3-5,10-11,13H,6-9H2,1-2H3,(H2,16,18). The van der Waals surface area contributed by atoms with Crippen LogP contribution in [0, 0.1) is 5.92 Å². The molecule has 1 aromatic rings. The van der Waals surface area contributed by atoms with Gasteiger partial charge in [-0.3, -0.25) is 0 Å². The van der Waals surface area contributed by atoms with Crippen LogP contribution >= 0.6 is 12.2 Å². The van der Waals surface area contributed by atoms with E-state index in [9.17, 15) is 0 Å². The molecule has 1 aromatic carbocycles. The second kappa shape index (κ2) is 5.70. The lowest BCUT2D eigenvalue weighted by Crippen LogP contribution is -2.34. The Morgan fingerprint density at radius 2 is 1.94 bits per heavy atom. The van der Waals surface area contributed by atoms with Gasteiger partial charge in [0.15, 0.2) is 0 Å². The van der Waals surface area contributed by atoms with Crippen LogP contribution in [0.15, 0.2) is 24.3 Å². The van der Waals surface area contributed by atoms with Gasteiger partial charge in [0.05, 0.1) is 0 Å². The molecule has 2 rings (SSSR count). The number of nitrogens with zero attached hydrogens (tertiary/aromatic N) is 1. The molecule has 0 bridgehead atoms. The third-order valence-electron chi connectivity index (χ3n) is 4.07. The summed E-state index contributed by atoms with van der Waals surface area (Å²) < 4.78 is 0. The lowest BCUT2D eigenvalue weighted by Gasteiger charge is -2.35. The van der Waals surface area contributed by atoms with E-state index in [4.69, 9.17) is 18.0 Å². The van der Waals surface area contributed by atoms with Gasteiger partial charge in [0.1, 0.15) is 4.99 Å². The van der Waals surface area contributed by atoms with E-state index in [1.807, 2.05) is 12.1 Å². The van der Waals surface area contributed by atoms with Crippen molar-refractivity contribution in [3.05, 3.63) is 29.8 Å². The number of hydrogen-bond donors (Lipinski definition) is 1. The highest BCUT2D eigenvalue weighted by Crippen LogP contribution is 2.29. The molecule has 0 amide bonds. The minimum Gasteiger partial charge on any atom is -0.389 e. The van der Waals surface area contributed by atoms with Crippen LogP contribution in [0.2, 0.25) is 0 Å². The highest BCUT2D eigenvalue weighted by molar-refractivity contribution is 7.80. The Kier molecular flexibility index (Phi) is 4.23. The van der Waals surface area contributed by atoms with Gasteiger partial charge in [-0.25, -0.2) is 0 Å². The maximum Gasteiger partial charge on any atom is 0.104 e. The Labute approximate surface area is 115 Å². The third-order valence-corrected chi connectivity index (χ3v) is 4.31. The van der Waals surface area contributed by atoms with Crippen LogP contribution < -0.4 is 10.6 Å². The van der Waals surface area contributed by atoms with E-state index in [0.717, 1.165) is 11.5 Å². The van der Waals surface area contributed by atoms with Gasteiger partial charge < -0.3 is 10.6 Å². The zero-order chi connectivity index (χ0) is 13.1. The van der Waals surface area contributed by atoms with Gasteiger partial charge >= 0.3 is 0 Å². The first kappa shape index (κ1) is 13.3. The SMILES string of the molecule is CC1CCC(N(C)c2cccc(C(N)=S)c2)CC1. The van der Waals surface area contributed by atoms with Crippen LogP contribution in [0.4, 0.5) is 5.69 Å². The molecule has 1 aliphatic rings. The van der Waals surface area contributed by atoms with Crippen molar-refractivity contribution in [3.8, 4) is 0 Å². The lowest BCUT2D eigenvalue weighted by molar-refractivity contribution is 0.341. The smallest absolute Gasteiger partial charge is 0.104 e. The molecule has 0 aliphatic heterocycles. The van der Waals surface area contributed by atoms with Gasteiger partial charge in [-0.1, -0.05) is 31.3 Å². The van der Waals surface area contributed by atoms with Gasteiger partial charge in [0.25, 0.3) is 0 Å². The summed E-state index contributed by atoms with van der Waals surface area (Å²) in [4.78, 5) is 2.86.